The van der Waals surface area contributed by atoms with Crippen molar-refractivity contribution in [2.75, 3.05) is 0 Å². The summed E-state index contributed by atoms with van der Waals surface area (Å²) in [5, 5.41) is 0. The lowest BCUT2D eigenvalue weighted by Gasteiger charge is -2.13. The highest BCUT2D eigenvalue weighted by atomic mass is 14.6. The van der Waals surface area contributed by atoms with Gasteiger partial charge in [0.15, 0.2) is 0 Å². The predicted molar refractivity (Wildman–Crippen MR) is 67.0 cm³/mol. The van der Waals surface area contributed by atoms with Crippen molar-refractivity contribution in [1.29, 1.82) is 0 Å². The second-order valence-corrected chi connectivity index (χ2v) is 4.23. The number of nitrogens with two attached hydrogens (primary N) is 1. The molecule has 1 nitrogen and oxygen atoms in total. The molecule has 0 radical (unpaired) electrons. The Labute approximate surface area is 93.7 Å². The van der Waals surface area contributed by atoms with E-state index in [0.717, 1.165) is 19.3 Å². The molecule has 0 fully saturated rings. The summed E-state index contributed by atoms with van der Waals surface area (Å²) in [6.45, 7) is 4.42. The summed E-state index contributed by atoms with van der Waals surface area (Å²) in [5.41, 5.74) is 9.00. The van der Waals surface area contributed by atoms with Crippen molar-refractivity contribution in [3.8, 4) is 0 Å². The molecule has 0 aliphatic carbocycles. The number of unbranched alkanes of at least 4 members (excludes halogenated alkanes) is 1. The number of rotatable bonds is 6. The van der Waals surface area contributed by atoms with Gasteiger partial charge in [-0.1, -0.05) is 51.0 Å². The van der Waals surface area contributed by atoms with Crippen LogP contribution in [0.25, 0.3) is 0 Å². The van der Waals surface area contributed by atoms with Crippen LogP contribution in [0.15, 0.2) is 24.3 Å². The van der Waals surface area contributed by atoms with Crippen molar-refractivity contribution in [2.45, 2.75) is 52.0 Å². The molecule has 1 heteroatoms. The number of aryl methyl sites for hydroxylation is 1. The Morgan fingerprint density at radius 3 is 2.40 bits per heavy atom. The van der Waals surface area contributed by atoms with Gasteiger partial charge in [-0.3, -0.25) is 0 Å². The van der Waals surface area contributed by atoms with E-state index in [1.807, 2.05) is 0 Å². The van der Waals surface area contributed by atoms with Crippen LogP contribution < -0.4 is 5.73 Å². The van der Waals surface area contributed by atoms with Gasteiger partial charge in [-0.2, -0.15) is 0 Å². The molecule has 0 bridgehead atoms. The molecule has 0 saturated heterocycles. The topological polar surface area (TPSA) is 26.0 Å². The van der Waals surface area contributed by atoms with Gasteiger partial charge in [0.1, 0.15) is 0 Å². The molecule has 0 aliphatic heterocycles. The van der Waals surface area contributed by atoms with E-state index in [9.17, 15) is 0 Å². The minimum absolute atomic E-state index is 0.331. The summed E-state index contributed by atoms with van der Waals surface area (Å²) in [6.07, 6.45) is 5.77. The van der Waals surface area contributed by atoms with Crippen molar-refractivity contribution in [3.63, 3.8) is 0 Å². The lowest BCUT2D eigenvalue weighted by molar-refractivity contribution is 0.572. The first kappa shape index (κ1) is 12.3. The first-order valence-electron chi connectivity index (χ1n) is 6.10. The molecule has 0 amide bonds. The van der Waals surface area contributed by atoms with Crippen LogP contribution in [-0.2, 0) is 12.8 Å². The molecule has 84 valence electrons. The molecule has 0 aromatic heterocycles. The Morgan fingerprint density at radius 2 is 1.80 bits per heavy atom. The van der Waals surface area contributed by atoms with Gasteiger partial charge in [0.25, 0.3) is 0 Å². The normalized spacial score (nSPS) is 12.7. The molecule has 1 unspecified atom stereocenters. The van der Waals surface area contributed by atoms with Gasteiger partial charge >= 0.3 is 0 Å². The Morgan fingerprint density at radius 1 is 1.13 bits per heavy atom. The lowest BCUT2D eigenvalue weighted by atomic mass is 9.97. The standard InChI is InChI=1S/C14H23N/c1-3-5-10-14(15)11-13-9-7-6-8-12(13)4-2/h6-9,14H,3-5,10-11,15H2,1-2H3. The van der Waals surface area contributed by atoms with Crippen LogP contribution in [0.3, 0.4) is 0 Å². The van der Waals surface area contributed by atoms with Crippen LogP contribution in [0.2, 0.25) is 0 Å². The van der Waals surface area contributed by atoms with Crippen molar-refractivity contribution < 1.29 is 0 Å². The quantitative estimate of drug-likeness (QED) is 0.757. The van der Waals surface area contributed by atoms with Gasteiger partial charge in [-0.05, 0) is 30.4 Å². The van der Waals surface area contributed by atoms with E-state index in [1.165, 1.54) is 24.0 Å². The molecular formula is C14H23N. The molecule has 0 aliphatic rings. The molecule has 1 rings (SSSR count). The van der Waals surface area contributed by atoms with E-state index in [0.29, 0.717) is 6.04 Å². The van der Waals surface area contributed by atoms with Crippen molar-refractivity contribution in [2.24, 2.45) is 5.73 Å². The predicted octanol–water partition coefficient (Wildman–Crippen LogP) is 3.31. The smallest absolute Gasteiger partial charge is 0.00794 e. The van der Waals surface area contributed by atoms with Gasteiger partial charge in [0, 0.05) is 6.04 Å². The van der Waals surface area contributed by atoms with E-state index in [2.05, 4.69) is 38.1 Å². The van der Waals surface area contributed by atoms with E-state index in [-0.39, 0.29) is 0 Å². The highest BCUT2D eigenvalue weighted by molar-refractivity contribution is 5.27. The molecule has 1 aromatic carbocycles. The zero-order valence-electron chi connectivity index (χ0n) is 10.00. The Hall–Kier alpha value is -0.820. The summed E-state index contributed by atoms with van der Waals surface area (Å²) < 4.78 is 0. The monoisotopic (exact) mass is 205 g/mol. The highest BCUT2D eigenvalue weighted by Gasteiger charge is 2.06. The fraction of sp³-hybridized carbons (Fsp3) is 0.571. The van der Waals surface area contributed by atoms with Crippen LogP contribution >= 0.6 is 0 Å². The average molecular weight is 205 g/mol. The van der Waals surface area contributed by atoms with E-state index in [4.69, 9.17) is 5.73 Å². The fourth-order valence-electron chi connectivity index (χ4n) is 1.95. The first-order chi connectivity index (χ1) is 7.27. The first-order valence-corrected chi connectivity index (χ1v) is 6.10. The highest BCUT2D eigenvalue weighted by Crippen LogP contribution is 2.13. The number of benzene rings is 1. The second kappa shape index (κ2) is 6.62. The molecule has 0 heterocycles. The zero-order chi connectivity index (χ0) is 11.1. The number of hydrogen-bond donors (Lipinski definition) is 1. The maximum atomic E-state index is 6.12. The van der Waals surface area contributed by atoms with Gasteiger partial charge < -0.3 is 5.73 Å². The van der Waals surface area contributed by atoms with Crippen LogP contribution in [0.1, 0.15) is 44.2 Å². The van der Waals surface area contributed by atoms with Gasteiger partial charge in [-0.25, -0.2) is 0 Å². The fourth-order valence-corrected chi connectivity index (χ4v) is 1.95. The van der Waals surface area contributed by atoms with Crippen molar-refractivity contribution in [3.05, 3.63) is 35.4 Å². The maximum absolute atomic E-state index is 6.12. The Bertz CT molecular complexity index is 280. The van der Waals surface area contributed by atoms with Crippen LogP contribution in [0.4, 0.5) is 0 Å². The molecule has 0 saturated carbocycles. The van der Waals surface area contributed by atoms with Gasteiger partial charge in [0.2, 0.25) is 0 Å². The molecule has 1 aromatic rings. The van der Waals surface area contributed by atoms with E-state index < -0.39 is 0 Å². The van der Waals surface area contributed by atoms with Gasteiger partial charge in [-0.15, -0.1) is 0 Å². The zero-order valence-corrected chi connectivity index (χ0v) is 10.00. The third-order valence-electron chi connectivity index (χ3n) is 2.91. The molecular weight excluding hydrogens is 182 g/mol. The van der Waals surface area contributed by atoms with E-state index in [1.54, 1.807) is 0 Å². The lowest BCUT2D eigenvalue weighted by Crippen LogP contribution is -2.23. The minimum atomic E-state index is 0.331. The summed E-state index contributed by atoms with van der Waals surface area (Å²) in [6, 6.07) is 8.98. The maximum Gasteiger partial charge on any atom is 0.00794 e. The molecule has 0 spiro atoms. The summed E-state index contributed by atoms with van der Waals surface area (Å²) >= 11 is 0. The molecule has 15 heavy (non-hydrogen) atoms. The largest absolute Gasteiger partial charge is 0.327 e. The van der Waals surface area contributed by atoms with Crippen LogP contribution in [0, 0.1) is 0 Å². The summed E-state index contributed by atoms with van der Waals surface area (Å²) in [7, 11) is 0. The van der Waals surface area contributed by atoms with E-state index >= 15 is 0 Å². The third kappa shape index (κ3) is 4.05. The van der Waals surface area contributed by atoms with Crippen molar-refractivity contribution >= 4 is 0 Å². The molecule has 1 atom stereocenters. The summed E-state index contributed by atoms with van der Waals surface area (Å²) in [5.74, 6) is 0. The second-order valence-electron chi connectivity index (χ2n) is 4.23. The van der Waals surface area contributed by atoms with Crippen LogP contribution in [-0.4, -0.2) is 6.04 Å². The SMILES string of the molecule is CCCCC(N)Cc1ccccc1CC. The third-order valence-corrected chi connectivity index (χ3v) is 2.91. The summed E-state index contributed by atoms with van der Waals surface area (Å²) in [4.78, 5) is 0. The minimum Gasteiger partial charge on any atom is -0.327 e. The van der Waals surface area contributed by atoms with Crippen molar-refractivity contribution in [1.82, 2.24) is 0 Å². The average Bonchev–Trinajstić information content (AvgIpc) is 2.27. The Balaban J connectivity index is 2.55. The van der Waals surface area contributed by atoms with Gasteiger partial charge in [0.05, 0.1) is 0 Å². The molecule has 2 N–H and O–H groups in total. The Kier molecular flexibility index (Phi) is 5.41. The number of hydrogen-bond acceptors (Lipinski definition) is 1. The van der Waals surface area contributed by atoms with Crippen LogP contribution in [0.5, 0.6) is 0 Å².